The number of aliphatic carboxylic acids is 1. The fourth-order valence-electron chi connectivity index (χ4n) is 2.53. The Bertz CT molecular complexity index is 449. The van der Waals surface area contributed by atoms with Gasteiger partial charge in [0, 0.05) is 18.6 Å². The molecule has 0 saturated carbocycles. The number of hydrogen-bond acceptors (Lipinski definition) is 4. The van der Waals surface area contributed by atoms with Crippen molar-refractivity contribution < 1.29 is 19.7 Å². The number of carboxylic acid groups (broad SMARTS) is 1. The smallest absolute Gasteiger partial charge is 0.305 e. The van der Waals surface area contributed by atoms with E-state index in [2.05, 4.69) is 4.90 Å². The number of carbonyl (C=O) groups is 1. The van der Waals surface area contributed by atoms with Gasteiger partial charge in [-0.15, -0.1) is 0 Å². The van der Waals surface area contributed by atoms with E-state index >= 15 is 0 Å². The Morgan fingerprint density at radius 3 is 3.05 bits per heavy atom. The number of phenolic OH excluding ortho intramolecular Hbond substituents is 1. The standard InChI is InChI=1S/C14H19NO4/c1-10(11-3-2-4-13(16)7-11)15-5-6-19-9-12(15)8-14(17)18/h2-4,7,10,12,16H,5-6,8-9H2,1H3,(H,17,18). The fourth-order valence-corrected chi connectivity index (χ4v) is 2.53. The van der Waals surface area contributed by atoms with E-state index in [-0.39, 0.29) is 24.3 Å². The molecule has 104 valence electrons. The molecule has 5 heteroatoms. The molecule has 5 nitrogen and oxygen atoms in total. The van der Waals surface area contributed by atoms with Crippen LogP contribution in [0.25, 0.3) is 0 Å². The lowest BCUT2D eigenvalue weighted by atomic mass is 10.0. The minimum absolute atomic E-state index is 0.0559. The molecule has 1 heterocycles. The van der Waals surface area contributed by atoms with Crippen LogP contribution in [0.15, 0.2) is 24.3 Å². The van der Waals surface area contributed by atoms with Crippen molar-refractivity contribution in [1.29, 1.82) is 0 Å². The normalized spacial score (nSPS) is 22.1. The zero-order valence-corrected chi connectivity index (χ0v) is 11.0. The number of phenols is 1. The summed E-state index contributed by atoms with van der Waals surface area (Å²) < 4.78 is 5.37. The molecule has 2 N–H and O–H groups in total. The average molecular weight is 265 g/mol. The van der Waals surface area contributed by atoms with E-state index in [0.29, 0.717) is 19.8 Å². The zero-order chi connectivity index (χ0) is 13.8. The van der Waals surface area contributed by atoms with Crippen molar-refractivity contribution in [2.45, 2.75) is 25.4 Å². The van der Waals surface area contributed by atoms with Gasteiger partial charge in [-0.05, 0) is 24.6 Å². The first-order valence-electron chi connectivity index (χ1n) is 6.42. The van der Waals surface area contributed by atoms with Gasteiger partial charge in [0.05, 0.1) is 19.6 Å². The fraction of sp³-hybridized carbons (Fsp3) is 0.500. The van der Waals surface area contributed by atoms with E-state index < -0.39 is 5.97 Å². The number of nitrogens with zero attached hydrogens (tertiary/aromatic N) is 1. The number of morpholine rings is 1. The molecule has 0 amide bonds. The van der Waals surface area contributed by atoms with Crippen LogP contribution >= 0.6 is 0 Å². The SMILES string of the molecule is CC(c1cccc(O)c1)N1CCOCC1CC(=O)O. The summed E-state index contributed by atoms with van der Waals surface area (Å²) in [6, 6.07) is 7.03. The Labute approximate surface area is 112 Å². The van der Waals surface area contributed by atoms with Crippen molar-refractivity contribution in [3.63, 3.8) is 0 Å². The van der Waals surface area contributed by atoms with Gasteiger partial charge >= 0.3 is 5.97 Å². The maximum Gasteiger partial charge on any atom is 0.305 e. The Hall–Kier alpha value is -1.59. The molecule has 1 aromatic carbocycles. The van der Waals surface area contributed by atoms with Gasteiger partial charge in [0.1, 0.15) is 5.75 Å². The highest BCUT2D eigenvalue weighted by Crippen LogP contribution is 2.27. The monoisotopic (exact) mass is 265 g/mol. The first-order valence-corrected chi connectivity index (χ1v) is 6.42. The number of hydrogen-bond donors (Lipinski definition) is 2. The van der Waals surface area contributed by atoms with Crippen LogP contribution in [0.5, 0.6) is 5.75 Å². The lowest BCUT2D eigenvalue weighted by Gasteiger charge is -2.39. The molecule has 1 aliphatic heterocycles. The minimum atomic E-state index is -0.816. The summed E-state index contributed by atoms with van der Waals surface area (Å²) in [5.74, 6) is -0.587. The third kappa shape index (κ3) is 3.45. The van der Waals surface area contributed by atoms with Crippen molar-refractivity contribution in [3.8, 4) is 5.75 Å². The molecule has 0 spiro atoms. The van der Waals surface area contributed by atoms with Crippen LogP contribution in [0.2, 0.25) is 0 Å². The van der Waals surface area contributed by atoms with Crippen LogP contribution < -0.4 is 0 Å². The first-order chi connectivity index (χ1) is 9.08. The molecular weight excluding hydrogens is 246 g/mol. The second-order valence-electron chi connectivity index (χ2n) is 4.84. The maximum absolute atomic E-state index is 10.9. The van der Waals surface area contributed by atoms with Gasteiger partial charge in [-0.1, -0.05) is 12.1 Å². The van der Waals surface area contributed by atoms with Crippen molar-refractivity contribution in [3.05, 3.63) is 29.8 Å². The van der Waals surface area contributed by atoms with Crippen molar-refractivity contribution in [1.82, 2.24) is 4.90 Å². The topological polar surface area (TPSA) is 70.0 Å². The molecule has 2 unspecified atom stereocenters. The van der Waals surface area contributed by atoms with Crippen LogP contribution in [0.1, 0.15) is 24.9 Å². The van der Waals surface area contributed by atoms with E-state index in [1.807, 2.05) is 13.0 Å². The highest BCUT2D eigenvalue weighted by Gasteiger charge is 2.29. The van der Waals surface area contributed by atoms with Crippen molar-refractivity contribution in [2.24, 2.45) is 0 Å². The summed E-state index contributed by atoms with van der Waals surface area (Å²) in [6.07, 6.45) is 0.0726. The van der Waals surface area contributed by atoms with Gasteiger partial charge < -0.3 is 14.9 Å². The second-order valence-corrected chi connectivity index (χ2v) is 4.84. The minimum Gasteiger partial charge on any atom is -0.508 e. The van der Waals surface area contributed by atoms with Crippen LogP contribution in [-0.4, -0.2) is 46.9 Å². The Kier molecular flexibility index (Phi) is 4.39. The highest BCUT2D eigenvalue weighted by molar-refractivity contribution is 5.67. The average Bonchev–Trinajstić information content (AvgIpc) is 2.38. The number of aromatic hydroxyl groups is 1. The third-order valence-corrected chi connectivity index (χ3v) is 3.53. The van der Waals surface area contributed by atoms with Crippen LogP contribution in [0.4, 0.5) is 0 Å². The molecule has 0 radical (unpaired) electrons. The number of carboxylic acids is 1. The van der Waals surface area contributed by atoms with E-state index in [1.54, 1.807) is 18.2 Å². The quantitative estimate of drug-likeness (QED) is 0.866. The van der Waals surface area contributed by atoms with Gasteiger partial charge in [0.15, 0.2) is 0 Å². The number of ether oxygens (including phenoxy) is 1. The molecule has 0 bridgehead atoms. The van der Waals surface area contributed by atoms with Gasteiger partial charge in [0.25, 0.3) is 0 Å². The predicted molar refractivity (Wildman–Crippen MR) is 70.1 cm³/mol. The van der Waals surface area contributed by atoms with Crippen LogP contribution in [-0.2, 0) is 9.53 Å². The Morgan fingerprint density at radius 1 is 1.58 bits per heavy atom. The molecule has 1 fully saturated rings. The predicted octanol–water partition coefficient (Wildman–Crippen LogP) is 1.63. The molecule has 0 aromatic heterocycles. The van der Waals surface area contributed by atoms with Gasteiger partial charge in [0.2, 0.25) is 0 Å². The molecular formula is C14H19NO4. The Morgan fingerprint density at radius 2 is 2.37 bits per heavy atom. The molecule has 0 aliphatic carbocycles. The Balaban J connectivity index is 2.14. The summed E-state index contributed by atoms with van der Waals surface area (Å²) in [5.41, 5.74) is 0.984. The summed E-state index contributed by atoms with van der Waals surface area (Å²) in [6.45, 7) is 3.78. The first kappa shape index (κ1) is 13.8. The van der Waals surface area contributed by atoms with Crippen LogP contribution in [0.3, 0.4) is 0 Å². The van der Waals surface area contributed by atoms with E-state index in [0.717, 1.165) is 5.56 Å². The van der Waals surface area contributed by atoms with Gasteiger partial charge in [-0.25, -0.2) is 0 Å². The van der Waals surface area contributed by atoms with Gasteiger partial charge in [-0.2, -0.15) is 0 Å². The molecule has 2 atom stereocenters. The summed E-state index contributed by atoms with van der Waals surface area (Å²) in [7, 11) is 0. The van der Waals surface area contributed by atoms with E-state index in [1.165, 1.54) is 0 Å². The zero-order valence-electron chi connectivity index (χ0n) is 11.0. The summed E-state index contributed by atoms with van der Waals surface area (Å²) in [4.78, 5) is 13.0. The molecule has 1 saturated heterocycles. The molecule has 1 aliphatic rings. The second kappa shape index (κ2) is 6.04. The molecule has 2 rings (SSSR count). The third-order valence-electron chi connectivity index (χ3n) is 3.53. The lowest BCUT2D eigenvalue weighted by Crippen LogP contribution is -2.47. The van der Waals surface area contributed by atoms with Crippen molar-refractivity contribution in [2.75, 3.05) is 19.8 Å². The van der Waals surface area contributed by atoms with E-state index in [9.17, 15) is 9.90 Å². The highest BCUT2D eigenvalue weighted by atomic mass is 16.5. The lowest BCUT2D eigenvalue weighted by molar-refractivity contribution is -0.140. The summed E-state index contributed by atoms with van der Waals surface area (Å²) >= 11 is 0. The van der Waals surface area contributed by atoms with Crippen molar-refractivity contribution >= 4 is 5.97 Å². The van der Waals surface area contributed by atoms with E-state index in [4.69, 9.17) is 9.84 Å². The molecule has 1 aromatic rings. The number of benzene rings is 1. The largest absolute Gasteiger partial charge is 0.508 e. The maximum atomic E-state index is 10.9. The molecule has 19 heavy (non-hydrogen) atoms. The van der Waals surface area contributed by atoms with Crippen LogP contribution in [0, 0.1) is 0 Å². The summed E-state index contributed by atoms with van der Waals surface area (Å²) in [5, 5.41) is 18.5. The van der Waals surface area contributed by atoms with Gasteiger partial charge in [-0.3, -0.25) is 9.69 Å². The number of rotatable bonds is 4.